The zero-order valence-corrected chi connectivity index (χ0v) is 20.1. The maximum atomic E-state index is 13.3. The van der Waals surface area contributed by atoms with E-state index < -0.39 is 11.7 Å². The van der Waals surface area contributed by atoms with Crippen LogP contribution in [-0.4, -0.2) is 51.1 Å². The molecule has 2 N–H and O–H groups in total. The Morgan fingerprint density at radius 1 is 1.10 bits per heavy atom. The SMILES string of the molecule is CN=C(NCc1ccsc1)NCc1cc(C(F)(F)F)ccc1N1CCN(C)CC1.I. The minimum Gasteiger partial charge on any atom is -0.369 e. The average molecular weight is 553 g/mol. The zero-order chi connectivity index (χ0) is 20.9. The lowest BCUT2D eigenvalue weighted by molar-refractivity contribution is -0.137. The summed E-state index contributed by atoms with van der Waals surface area (Å²) in [6.07, 6.45) is -4.37. The van der Waals surface area contributed by atoms with Gasteiger partial charge < -0.3 is 20.4 Å². The summed E-state index contributed by atoms with van der Waals surface area (Å²) in [6.45, 7) is 4.22. The first-order valence-electron chi connectivity index (χ1n) is 9.46. The number of halogens is 4. The molecule has 1 aliphatic rings. The van der Waals surface area contributed by atoms with Crippen LogP contribution in [0.1, 0.15) is 16.7 Å². The molecule has 1 aromatic carbocycles. The number of piperazine rings is 1. The Morgan fingerprint density at radius 3 is 2.40 bits per heavy atom. The average Bonchev–Trinajstić information content (AvgIpc) is 3.21. The molecule has 1 fully saturated rings. The van der Waals surface area contributed by atoms with Crippen molar-refractivity contribution in [1.82, 2.24) is 15.5 Å². The molecule has 0 atom stereocenters. The smallest absolute Gasteiger partial charge is 0.369 e. The van der Waals surface area contributed by atoms with Crippen LogP contribution in [0.5, 0.6) is 0 Å². The van der Waals surface area contributed by atoms with Gasteiger partial charge in [-0.15, -0.1) is 24.0 Å². The fraction of sp³-hybridized carbons (Fsp3) is 0.450. The molecule has 0 bridgehead atoms. The molecule has 1 saturated heterocycles. The minimum absolute atomic E-state index is 0. The quantitative estimate of drug-likeness (QED) is 0.334. The van der Waals surface area contributed by atoms with E-state index >= 15 is 0 Å². The maximum absolute atomic E-state index is 13.3. The van der Waals surface area contributed by atoms with Crippen molar-refractivity contribution in [2.24, 2.45) is 4.99 Å². The second-order valence-corrected chi connectivity index (χ2v) is 7.82. The number of benzene rings is 1. The van der Waals surface area contributed by atoms with Gasteiger partial charge in [-0.05, 0) is 53.2 Å². The monoisotopic (exact) mass is 553 g/mol. The van der Waals surface area contributed by atoms with Crippen molar-refractivity contribution in [2.45, 2.75) is 19.3 Å². The van der Waals surface area contributed by atoms with Crippen LogP contribution in [0.4, 0.5) is 18.9 Å². The third kappa shape index (κ3) is 6.74. The van der Waals surface area contributed by atoms with Crippen molar-refractivity contribution in [2.75, 3.05) is 45.2 Å². The van der Waals surface area contributed by atoms with Gasteiger partial charge >= 0.3 is 6.18 Å². The Bertz CT molecular complexity index is 818. The van der Waals surface area contributed by atoms with Crippen LogP contribution in [0, 0.1) is 0 Å². The molecule has 0 spiro atoms. The van der Waals surface area contributed by atoms with Gasteiger partial charge in [0.15, 0.2) is 5.96 Å². The highest BCUT2D eigenvalue weighted by atomic mass is 127. The molecule has 10 heteroatoms. The second kappa shape index (κ2) is 11.2. The van der Waals surface area contributed by atoms with Gasteiger partial charge in [0.1, 0.15) is 0 Å². The summed E-state index contributed by atoms with van der Waals surface area (Å²) in [5.74, 6) is 0.554. The number of thiophene rings is 1. The van der Waals surface area contributed by atoms with Crippen LogP contribution in [-0.2, 0) is 19.3 Å². The third-order valence-corrected chi connectivity index (χ3v) is 5.69. The van der Waals surface area contributed by atoms with Crippen LogP contribution in [0.2, 0.25) is 0 Å². The summed E-state index contributed by atoms with van der Waals surface area (Å²) < 4.78 is 39.8. The fourth-order valence-electron chi connectivity index (χ4n) is 3.24. The minimum atomic E-state index is -4.37. The van der Waals surface area contributed by atoms with Gasteiger partial charge in [-0.2, -0.15) is 24.5 Å². The van der Waals surface area contributed by atoms with E-state index in [4.69, 9.17) is 0 Å². The van der Waals surface area contributed by atoms with E-state index in [0.717, 1.165) is 37.4 Å². The highest BCUT2D eigenvalue weighted by Crippen LogP contribution is 2.33. The molecule has 1 aliphatic heterocycles. The van der Waals surface area contributed by atoms with Crippen LogP contribution in [0.3, 0.4) is 0 Å². The van der Waals surface area contributed by atoms with E-state index in [9.17, 15) is 13.2 Å². The first-order chi connectivity index (χ1) is 13.9. The normalized spacial score (nSPS) is 15.6. The van der Waals surface area contributed by atoms with Gasteiger partial charge in [-0.25, -0.2) is 0 Å². The molecule has 30 heavy (non-hydrogen) atoms. The Hall–Kier alpha value is -1.53. The van der Waals surface area contributed by atoms with E-state index in [1.165, 1.54) is 12.1 Å². The largest absolute Gasteiger partial charge is 0.416 e. The number of guanidine groups is 1. The highest BCUT2D eigenvalue weighted by Gasteiger charge is 2.31. The number of rotatable bonds is 5. The lowest BCUT2D eigenvalue weighted by atomic mass is 10.1. The number of anilines is 1. The first-order valence-corrected chi connectivity index (χ1v) is 10.4. The summed E-state index contributed by atoms with van der Waals surface area (Å²) in [5, 5.41) is 10.4. The van der Waals surface area contributed by atoms with Gasteiger partial charge in [0.2, 0.25) is 0 Å². The molecular weight excluding hydrogens is 526 g/mol. The molecule has 1 aromatic heterocycles. The predicted molar refractivity (Wildman–Crippen MR) is 128 cm³/mol. The summed E-state index contributed by atoms with van der Waals surface area (Å²) in [5.41, 5.74) is 1.96. The Labute approximate surface area is 196 Å². The fourth-order valence-corrected chi connectivity index (χ4v) is 3.91. The van der Waals surface area contributed by atoms with Gasteiger partial charge in [-0.3, -0.25) is 4.99 Å². The van der Waals surface area contributed by atoms with Crippen LogP contribution in [0.25, 0.3) is 0 Å². The molecule has 3 rings (SSSR count). The maximum Gasteiger partial charge on any atom is 0.416 e. The van der Waals surface area contributed by atoms with Crippen molar-refractivity contribution in [1.29, 1.82) is 0 Å². The molecule has 0 unspecified atom stereocenters. The molecule has 0 aliphatic carbocycles. The van der Waals surface area contributed by atoms with Crippen molar-refractivity contribution in [3.63, 3.8) is 0 Å². The number of hydrogen-bond donors (Lipinski definition) is 2. The molecular formula is C20H27F3IN5S. The van der Waals surface area contributed by atoms with Crippen molar-refractivity contribution < 1.29 is 13.2 Å². The Balaban J connectivity index is 0.00000320. The van der Waals surface area contributed by atoms with E-state index in [2.05, 4.69) is 32.5 Å². The topological polar surface area (TPSA) is 42.9 Å². The number of alkyl halides is 3. The predicted octanol–water partition coefficient (Wildman–Crippen LogP) is 4.00. The van der Waals surface area contributed by atoms with E-state index in [-0.39, 0.29) is 30.5 Å². The van der Waals surface area contributed by atoms with Crippen LogP contribution < -0.4 is 15.5 Å². The van der Waals surface area contributed by atoms with E-state index in [1.807, 2.05) is 16.8 Å². The highest BCUT2D eigenvalue weighted by molar-refractivity contribution is 14.0. The molecule has 166 valence electrons. The van der Waals surface area contributed by atoms with Gasteiger partial charge in [0.05, 0.1) is 5.56 Å². The van der Waals surface area contributed by atoms with Gasteiger partial charge in [-0.1, -0.05) is 0 Å². The summed E-state index contributed by atoms with van der Waals surface area (Å²) >= 11 is 1.62. The molecule has 2 aromatic rings. The van der Waals surface area contributed by atoms with Crippen LogP contribution >= 0.6 is 35.3 Å². The standard InChI is InChI=1S/C20H26F3N5S.HI/c1-24-19(25-12-15-5-10-29-14-15)26-13-16-11-17(20(21,22)23)3-4-18(16)28-8-6-27(2)7-9-28;/h3-5,10-11,14H,6-9,12-13H2,1-2H3,(H2,24,25,26);1H. The number of hydrogen-bond acceptors (Lipinski definition) is 4. The third-order valence-electron chi connectivity index (χ3n) is 4.96. The molecule has 0 saturated carbocycles. The number of nitrogens with one attached hydrogen (secondary N) is 2. The molecule has 5 nitrogen and oxygen atoms in total. The lowest BCUT2D eigenvalue weighted by Gasteiger charge is -2.35. The summed E-state index contributed by atoms with van der Waals surface area (Å²) in [4.78, 5) is 8.55. The van der Waals surface area contributed by atoms with Crippen molar-refractivity contribution in [3.8, 4) is 0 Å². The Kier molecular flexibility index (Phi) is 9.23. The van der Waals surface area contributed by atoms with E-state index in [1.54, 1.807) is 24.5 Å². The van der Waals surface area contributed by atoms with Crippen molar-refractivity contribution >= 4 is 47.0 Å². The number of nitrogens with zero attached hydrogens (tertiary/aromatic N) is 3. The zero-order valence-electron chi connectivity index (χ0n) is 17.0. The van der Waals surface area contributed by atoms with Gasteiger partial charge in [0, 0.05) is 52.0 Å². The number of aliphatic imine (C=N–C) groups is 1. The molecule has 0 radical (unpaired) electrons. The Morgan fingerprint density at radius 2 is 1.80 bits per heavy atom. The molecule has 2 heterocycles. The van der Waals surface area contributed by atoms with Crippen LogP contribution in [0.15, 0.2) is 40.0 Å². The first kappa shape index (κ1) is 24.7. The molecule has 0 amide bonds. The summed E-state index contributed by atoms with van der Waals surface area (Å²) in [7, 11) is 3.70. The van der Waals surface area contributed by atoms with Crippen molar-refractivity contribution in [3.05, 3.63) is 51.7 Å². The number of likely N-dealkylation sites (N-methyl/N-ethyl adjacent to an activating group) is 1. The summed E-state index contributed by atoms with van der Waals surface area (Å²) in [6, 6.07) is 6.02. The van der Waals surface area contributed by atoms with Gasteiger partial charge in [0.25, 0.3) is 0 Å². The lowest BCUT2D eigenvalue weighted by Crippen LogP contribution is -2.45. The second-order valence-electron chi connectivity index (χ2n) is 7.04. The van der Waals surface area contributed by atoms with E-state index in [0.29, 0.717) is 18.1 Å².